The van der Waals surface area contributed by atoms with Crippen molar-refractivity contribution in [1.82, 2.24) is 25.7 Å². The summed E-state index contributed by atoms with van der Waals surface area (Å²) in [6, 6.07) is 0. The van der Waals surface area contributed by atoms with Crippen LogP contribution in [0.1, 0.15) is 11.7 Å². The average molecular weight is 267 g/mol. The Morgan fingerprint density at radius 3 is 2.79 bits per heavy atom. The fourth-order valence-corrected chi connectivity index (χ4v) is 1.81. The first-order chi connectivity index (χ1) is 9.16. The number of hydrogen-bond donors (Lipinski definition) is 2. The lowest BCUT2D eigenvalue weighted by Crippen LogP contribution is -2.51. The van der Waals surface area contributed by atoms with Gasteiger partial charge in [0.05, 0.1) is 0 Å². The van der Waals surface area contributed by atoms with Crippen LogP contribution in [-0.4, -0.2) is 59.6 Å². The smallest absolute Gasteiger partial charge is 0.311 e. The van der Waals surface area contributed by atoms with Gasteiger partial charge in [-0.25, -0.2) is 0 Å². The minimum absolute atomic E-state index is 0.304. The van der Waals surface area contributed by atoms with Crippen LogP contribution in [0.3, 0.4) is 0 Å². The molecular formula is C11H17N5O3. The lowest BCUT2D eigenvalue weighted by atomic mass is 10.3. The van der Waals surface area contributed by atoms with Crippen molar-refractivity contribution >= 4 is 11.8 Å². The molecule has 8 heteroatoms. The summed E-state index contributed by atoms with van der Waals surface area (Å²) in [7, 11) is 0. The Morgan fingerprint density at radius 2 is 2.16 bits per heavy atom. The van der Waals surface area contributed by atoms with Crippen LogP contribution in [0.5, 0.6) is 0 Å². The molecule has 1 aromatic rings. The predicted molar refractivity (Wildman–Crippen MR) is 65.2 cm³/mol. The molecule has 0 atom stereocenters. The molecular weight excluding hydrogens is 250 g/mol. The summed E-state index contributed by atoms with van der Waals surface area (Å²) in [5, 5.41) is 9.32. The van der Waals surface area contributed by atoms with Gasteiger partial charge in [-0.2, -0.15) is 4.98 Å². The summed E-state index contributed by atoms with van der Waals surface area (Å²) in [4.78, 5) is 29.0. The second-order valence-electron chi connectivity index (χ2n) is 4.28. The summed E-state index contributed by atoms with van der Waals surface area (Å²) in [5.74, 6) is -0.0630. The fraction of sp³-hybridized carbons (Fsp3) is 0.636. The highest BCUT2D eigenvalue weighted by Gasteiger charge is 2.22. The lowest BCUT2D eigenvalue weighted by molar-refractivity contribution is -0.146. The van der Waals surface area contributed by atoms with Crippen LogP contribution in [0.15, 0.2) is 4.52 Å². The van der Waals surface area contributed by atoms with Gasteiger partial charge in [-0.05, 0) is 6.92 Å². The molecule has 0 aromatic carbocycles. The molecule has 0 spiro atoms. The van der Waals surface area contributed by atoms with E-state index in [2.05, 4.69) is 20.8 Å². The van der Waals surface area contributed by atoms with Crippen LogP contribution in [0.2, 0.25) is 0 Å². The Hall–Kier alpha value is -1.96. The normalized spacial score (nSPS) is 15.3. The van der Waals surface area contributed by atoms with E-state index in [0.29, 0.717) is 37.8 Å². The molecule has 19 heavy (non-hydrogen) atoms. The minimum Gasteiger partial charge on any atom is -0.347 e. The van der Waals surface area contributed by atoms with Crippen LogP contribution in [0.4, 0.5) is 0 Å². The van der Waals surface area contributed by atoms with Gasteiger partial charge in [-0.3, -0.25) is 9.59 Å². The van der Waals surface area contributed by atoms with Gasteiger partial charge in [0.15, 0.2) is 5.82 Å². The standard InChI is InChI=1S/C11H17N5O3/c1-8-14-9(19-15-8)2-3-13-10(17)11(18)16-6-4-12-5-7-16/h12H,2-7H2,1H3,(H,13,17). The summed E-state index contributed by atoms with van der Waals surface area (Å²) < 4.78 is 4.91. The molecule has 2 amide bonds. The molecule has 1 aliphatic heterocycles. The highest BCUT2D eigenvalue weighted by Crippen LogP contribution is 1.96. The summed E-state index contributed by atoms with van der Waals surface area (Å²) in [5.41, 5.74) is 0. The van der Waals surface area contributed by atoms with Crippen molar-refractivity contribution in [2.24, 2.45) is 0 Å². The van der Waals surface area contributed by atoms with Crippen LogP contribution < -0.4 is 10.6 Å². The zero-order chi connectivity index (χ0) is 13.7. The second kappa shape index (κ2) is 6.28. The third kappa shape index (κ3) is 3.75. The summed E-state index contributed by atoms with van der Waals surface area (Å²) in [6.07, 6.45) is 0.418. The van der Waals surface area contributed by atoms with Gasteiger partial charge in [0.2, 0.25) is 5.89 Å². The molecule has 0 unspecified atom stereocenters. The highest BCUT2D eigenvalue weighted by molar-refractivity contribution is 6.35. The number of hydrogen-bond acceptors (Lipinski definition) is 6. The number of carbonyl (C=O) groups excluding carboxylic acids is 2. The Morgan fingerprint density at radius 1 is 1.42 bits per heavy atom. The minimum atomic E-state index is -0.585. The number of carbonyl (C=O) groups is 2. The maximum absolute atomic E-state index is 11.8. The van der Waals surface area contributed by atoms with E-state index >= 15 is 0 Å². The number of nitrogens with zero attached hydrogens (tertiary/aromatic N) is 3. The van der Waals surface area contributed by atoms with Crippen molar-refractivity contribution in [3.05, 3.63) is 11.7 Å². The van der Waals surface area contributed by atoms with Crippen molar-refractivity contribution < 1.29 is 14.1 Å². The fourth-order valence-electron chi connectivity index (χ4n) is 1.81. The van der Waals surface area contributed by atoms with E-state index in [9.17, 15) is 9.59 Å². The molecule has 1 saturated heterocycles. The quantitative estimate of drug-likeness (QED) is 0.644. The Bertz CT molecular complexity index is 453. The number of rotatable bonds is 3. The third-order valence-corrected chi connectivity index (χ3v) is 2.79. The molecule has 1 fully saturated rings. The SMILES string of the molecule is Cc1noc(CCNC(=O)C(=O)N2CCNCC2)n1. The van der Waals surface area contributed by atoms with Gasteiger partial charge < -0.3 is 20.1 Å². The third-order valence-electron chi connectivity index (χ3n) is 2.79. The van der Waals surface area contributed by atoms with Crippen molar-refractivity contribution in [1.29, 1.82) is 0 Å². The molecule has 104 valence electrons. The Kier molecular flexibility index (Phi) is 4.45. The van der Waals surface area contributed by atoms with Crippen molar-refractivity contribution in [3.63, 3.8) is 0 Å². The zero-order valence-electron chi connectivity index (χ0n) is 10.8. The predicted octanol–water partition coefficient (Wildman–Crippen LogP) is -1.53. The maximum Gasteiger partial charge on any atom is 0.311 e. The average Bonchev–Trinajstić information content (AvgIpc) is 2.84. The van der Waals surface area contributed by atoms with E-state index in [-0.39, 0.29) is 0 Å². The van der Waals surface area contributed by atoms with Crippen molar-refractivity contribution in [3.8, 4) is 0 Å². The molecule has 8 nitrogen and oxygen atoms in total. The van der Waals surface area contributed by atoms with E-state index in [1.54, 1.807) is 11.8 Å². The Balaban J connectivity index is 1.72. The number of nitrogens with one attached hydrogen (secondary N) is 2. The lowest BCUT2D eigenvalue weighted by Gasteiger charge is -2.26. The first-order valence-electron chi connectivity index (χ1n) is 6.24. The Labute approximate surface area is 110 Å². The molecule has 2 rings (SSSR count). The molecule has 2 heterocycles. The van der Waals surface area contributed by atoms with Gasteiger partial charge in [-0.1, -0.05) is 5.16 Å². The van der Waals surface area contributed by atoms with E-state index in [4.69, 9.17) is 4.52 Å². The van der Waals surface area contributed by atoms with E-state index in [1.807, 2.05) is 0 Å². The molecule has 1 aromatic heterocycles. The van der Waals surface area contributed by atoms with Crippen LogP contribution in [0.25, 0.3) is 0 Å². The molecule has 0 radical (unpaired) electrons. The van der Waals surface area contributed by atoms with Gasteiger partial charge in [0.1, 0.15) is 0 Å². The van der Waals surface area contributed by atoms with Crippen LogP contribution in [-0.2, 0) is 16.0 Å². The number of amides is 2. The molecule has 0 bridgehead atoms. The van der Waals surface area contributed by atoms with Gasteiger partial charge >= 0.3 is 11.8 Å². The zero-order valence-corrected chi connectivity index (χ0v) is 10.8. The van der Waals surface area contributed by atoms with E-state index in [0.717, 1.165) is 13.1 Å². The maximum atomic E-state index is 11.8. The van der Waals surface area contributed by atoms with Gasteiger partial charge in [0.25, 0.3) is 0 Å². The van der Waals surface area contributed by atoms with Crippen LogP contribution >= 0.6 is 0 Å². The van der Waals surface area contributed by atoms with E-state index in [1.165, 1.54) is 0 Å². The molecule has 2 N–H and O–H groups in total. The monoisotopic (exact) mass is 267 g/mol. The number of piperazine rings is 1. The van der Waals surface area contributed by atoms with E-state index < -0.39 is 11.8 Å². The first kappa shape index (κ1) is 13.5. The molecule has 0 aliphatic carbocycles. The van der Waals surface area contributed by atoms with Gasteiger partial charge in [0, 0.05) is 39.1 Å². The molecule has 1 aliphatic rings. The van der Waals surface area contributed by atoms with Crippen molar-refractivity contribution in [2.75, 3.05) is 32.7 Å². The first-order valence-corrected chi connectivity index (χ1v) is 6.24. The van der Waals surface area contributed by atoms with Crippen molar-refractivity contribution in [2.45, 2.75) is 13.3 Å². The number of aryl methyl sites for hydroxylation is 1. The van der Waals surface area contributed by atoms with Crippen LogP contribution in [0, 0.1) is 6.92 Å². The summed E-state index contributed by atoms with van der Waals surface area (Å²) in [6.45, 7) is 4.60. The number of aromatic nitrogens is 2. The summed E-state index contributed by atoms with van der Waals surface area (Å²) >= 11 is 0. The second-order valence-corrected chi connectivity index (χ2v) is 4.28. The highest BCUT2D eigenvalue weighted by atomic mass is 16.5. The van der Waals surface area contributed by atoms with Gasteiger partial charge in [-0.15, -0.1) is 0 Å². The topological polar surface area (TPSA) is 100 Å². The molecule has 0 saturated carbocycles. The largest absolute Gasteiger partial charge is 0.347 e.